The number of aryl methyl sites for hydroxylation is 1. The lowest BCUT2D eigenvalue weighted by Crippen LogP contribution is -2.23. The van der Waals surface area contributed by atoms with E-state index >= 15 is 0 Å². The van der Waals surface area contributed by atoms with E-state index in [2.05, 4.69) is 15.6 Å². The number of alkyl halides is 3. The molecule has 0 atom stereocenters. The highest BCUT2D eigenvalue weighted by Gasteiger charge is 2.30. The third-order valence-corrected chi connectivity index (χ3v) is 4.81. The van der Waals surface area contributed by atoms with Crippen molar-refractivity contribution in [2.45, 2.75) is 19.6 Å². The second-order valence-electron chi connectivity index (χ2n) is 6.19. The molecule has 0 saturated heterocycles. The van der Waals surface area contributed by atoms with Gasteiger partial charge in [0.25, 0.3) is 11.8 Å². The van der Waals surface area contributed by atoms with Crippen molar-refractivity contribution < 1.29 is 22.8 Å². The molecule has 0 aliphatic carbocycles. The number of benzene rings is 2. The van der Waals surface area contributed by atoms with E-state index in [4.69, 9.17) is 0 Å². The van der Waals surface area contributed by atoms with Crippen molar-refractivity contribution in [3.63, 3.8) is 0 Å². The van der Waals surface area contributed by atoms with Crippen molar-refractivity contribution in [1.29, 1.82) is 0 Å². The van der Waals surface area contributed by atoms with E-state index in [0.717, 1.165) is 29.0 Å². The number of halogens is 3. The molecule has 2 N–H and O–H groups in total. The Labute approximate surface area is 168 Å². The van der Waals surface area contributed by atoms with Crippen molar-refractivity contribution in [3.05, 3.63) is 81.9 Å². The first kappa shape index (κ1) is 20.5. The molecule has 1 heterocycles. The first-order chi connectivity index (χ1) is 13.7. The minimum absolute atomic E-state index is 0.0714. The highest BCUT2D eigenvalue weighted by atomic mass is 32.1. The molecule has 0 bridgehead atoms. The van der Waals surface area contributed by atoms with Crippen LogP contribution in [0.4, 0.5) is 18.3 Å². The lowest BCUT2D eigenvalue weighted by atomic mass is 10.1. The van der Waals surface area contributed by atoms with Crippen LogP contribution in [0.2, 0.25) is 0 Å². The lowest BCUT2D eigenvalue weighted by Gasteiger charge is -2.09. The number of hydrogen-bond donors (Lipinski definition) is 2. The molecule has 0 saturated carbocycles. The molecule has 0 spiro atoms. The average Bonchev–Trinajstić information content (AvgIpc) is 3.14. The Morgan fingerprint density at radius 3 is 2.55 bits per heavy atom. The molecule has 150 valence electrons. The van der Waals surface area contributed by atoms with Gasteiger partial charge in [-0.1, -0.05) is 30.3 Å². The van der Waals surface area contributed by atoms with Crippen LogP contribution in [0.3, 0.4) is 0 Å². The van der Waals surface area contributed by atoms with Gasteiger partial charge in [0.05, 0.1) is 5.56 Å². The molecule has 0 aliphatic rings. The largest absolute Gasteiger partial charge is 0.416 e. The fourth-order valence-corrected chi connectivity index (χ4v) is 3.24. The summed E-state index contributed by atoms with van der Waals surface area (Å²) in [6, 6.07) is 11.8. The standard InChI is InChI=1S/C20H16F3N3O2S/c1-12-5-2-3-8-15(12)17(27)26-19-25-16(11-29-19)18(28)24-10-13-6-4-7-14(9-13)20(21,22)23/h2-9,11H,10H2,1H3,(H,24,28)(H,25,26,27). The van der Waals surface area contributed by atoms with E-state index in [1.54, 1.807) is 12.1 Å². The van der Waals surface area contributed by atoms with Crippen LogP contribution in [-0.2, 0) is 12.7 Å². The SMILES string of the molecule is Cc1ccccc1C(=O)Nc1nc(C(=O)NCc2cccc(C(F)(F)F)c2)cs1. The van der Waals surface area contributed by atoms with Crippen LogP contribution in [0.15, 0.2) is 53.9 Å². The number of aromatic nitrogens is 1. The van der Waals surface area contributed by atoms with Crippen molar-refractivity contribution >= 4 is 28.3 Å². The van der Waals surface area contributed by atoms with Gasteiger partial charge in [0, 0.05) is 17.5 Å². The number of nitrogens with one attached hydrogen (secondary N) is 2. The van der Waals surface area contributed by atoms with Gasteiger partial charge < -0.3 is 5.32 Å². The number of carbonyl (C=O) groups excluding carboxylic acids is 2. The highest BCUT2D eigenvalue weighted by Crippen LogP contribution is 2.29. The van der Waals surface area contributed by atoms with Gasteiger partial charge in [-0.3, -0.25) is 14.9 Å². The van der Waals surface area contributed by atoms with Crippen molar-refractivity contribution in [3.8, 4) is 0 Å². The van der Waals surface area contributed by atoms with Crippen molar-refractivity contribution in [1.82, 2.24) is 10.3 Å². The third kappa shape index (κ3) is 5.20. The lowest BCUT2D eigenvalue weighted by molar-refractivity contribution is -0.137. The number of nitrogens with zero attached hydrogens (tertiary/aromatic N) is 1. The first-order valence-electron chi connectivity index (χ1n) is 8.51. The summed E-state index contributed by atoms with van der Waals surface area (Å²) in [4.78, 5) is 28.6. The molecule has 1 aromatic heterocycles. The summed E-state index contributed by atoms with van der Waals surface area (Å²) >= 11 is 1.08. The summed E-state index contributed by atoms with van der Waals surface area (Å²) in [7, 11) is 0. The Morgan fingerprint density at radius 1 is 1.07 bits per heavy atom. The molecule has 3 rings (SSSR count). The molecule has 0 fully saturated rings. The monoisotopic (exact) mass is 419 g/mol. The van der Waals surface area contributed by atoms with E-state index < -0.39 is 17.6 Å². The molecule has 2 aromatic carbocycles. The number of hydrogen-bond acceptors (Lipinski definition) is 4. The number of rotatable bonds is 5. The summed E-state index contributed by atoms with van der Waals surface area (Å²) in [6.45, 7) is 1.73. The Morgan fingerprint density at radius 2 is 1.83 bits per heavy atom. The Hall–Kier alpha value is -3.20. The van der Waals surface area contributed by atoms with Crippen molar-refractivity contribution in [2.24, 2.45) is 0 Å². The smallest absolute Gasteiger partial charge is 0.347 e. The van der Waals surface area contributed by atoms with Crippen LogP contribution >= 0.6 is 11.3 Å². The first-order valence-corrected chi connectivity index (χ1v) is 9.39. The van der Waals surface area contributed by atoms with Gasteiger partial charge in [-0.05, 0) is 36.2 Å². The van der Waals surface area contributed by atoms with E-state index in [9.17, 15) is 22.8 Å². The fraction of sp³-hybridized carbons (Fsp3) is 0.150. The quantitative estimate of drug-likeness (QED) is 0.632. The predicted molar refractivity (Wildman–Crippen MR) is 104 cm³/mol. The fourth-order valence-electron chi connectivity index (χ4n) is 2.56. The van der Waals surface area contributed by atoms with E-state index in [1.807, 2.05) is 19.1 Å². The van der Waals surface area contributed by atoms with Gasteiger partial charge in [-0.15, -0.1) is 11.3 Å². The summed E-state index contributed by atoms with van der Waals surface area (Å²) in [5.74, 6) is -0.886. The molecular weight excluding hydrogens is 403 g/mol. The Kier molecular flexibility index (Phi) is 5.97. The molecule has 0 aliphatic heterocycles. The zero-order valence-electron chi connectivity index (χ0n) is 15.2. The molecule has 9 heteroatoms. The van der Waals surface area contributed by atoms with Crippen LogP contribution in [0.25, 0.3) is 0 Å². The van der Waals surface area contributed by atoms with Crippen molar-refractivity contribution in [2.75, 3.05) is 5.32 Å². The molecule has 29 heavy (non-hydrogen) atoms. The average molecular weight is 419 g/mol. The second kappa shape index (κ2) is 8.44. The number of thiazole rings is 1. The maximum Gasteiger partial charge on any atom is 0.416 e. The molecule has 0 radical (unpaired) electrons. The summed E-state index contributed by atoms with van der Waals surface area (Å²) in [5.41, 5.74) is 0.913. The van der Waals surface area contributed by atoms with Gasteiger partial charge in [0.1, 0.15) is 5.69 Å². The minimum atomic E-state index is -4.45. The van der Waals surface area contributed by atoms with E-state index in [0.29, 0.717) is 11.1 Å². The number of carbonyl (C=O) groups is 2. The zero-order chi connectivity index (χ0) is 21.0. The van der Waals surface area contributed by atoms with Gasteiger partial charge in [-0.25, -0.2) is 4.98 Å². The molecule has 3 aromatic rings. The second-order valence-corrected chi connectivity index (χ2v) is 7.05. The topological polar surface area (TPSA) is 71.1 Å². The predicted octanol–water partition coefficient (Wildman–Crippen LogP) is 4.65. The van der Waals surface area contributed by atoms with Gasteiger partial charge in [0.2, 0.25) is 0 Å². The zero-order valence-corrected chi connectivity index (χ0v) is 16.0. The summed E-state index contributed by atoms with van der Waals surface area (Å²) in [5, 5.41) is 6.88. The van der Waals surface area contributed by atoms with Crippen LogP contribution < -0.4 is 10.6 Å². The van der Waals surface area contributed by atoms with Crippen LogP contribution in [0.1, 0.15) is 37.5 Å². The molecule has 5 nitrogen and oxygen atoms in total. The maximum absolute atomic E-state index is 12.8. The van der Waals surface area contributed by atoms with Crippen LogP contribution in [0, 0.1) is 6.92 Å². The molecule has 2 amide bonds. The van der Waals surface area contributed by atoms with E-state index in [1.165, 1.54) is 17.5 Å². The van der Waals surface area contributed by atoms with Crippen LogP contribution in [0.5, 0.6) is 0 Å². The normalized spacial score (nSPS) is 11.2. The third-order valence-electron chi connectivity index (χ3n) is 4.05. The maximum atomic E-state index is 12.8. The highest BCUT2D eigenvalue weighted by molar-refractivity contribution is 7.14. The van der Waals surface area contributed by atoms with Crippen LogP contribution in [-0.4, -0.2) is 16.8 Å². The molecular formula is C20H16F3N3O2S. The molecule has 0 unspecified atom stereocenters. The number of anilines is 1. The number of amides is 2. The van der Waals surface area contributed by atoms with E-state index in [-0.39, 0.29) is 23.3 Å². The Bertz CT molecular complexity index is 1050. The summed E-state index contributed by atoms with van der Waals surface area (Å²) < 4.78 is 38.3. The van der Waals surface area contributed by atoms with Gasteiger partial charge in [0.15, 0.2) is 5.13 Å². The summed E-state index contributed by atoms with van der Waals surface area (Å²) in [6.07, 6.45) is -4.45. The Balaban J connectivity index is 1.61. The van der Waals surface area contributed by atoms with Gasteiger partial charge in [-0.2, -0.15) is 13.2 Å². The van der Waals surface area contributed by atoms with Gasteiger partial charge >= 0.3 is 6.18 Å². The minimum Gasteiger partial charge on any atom is -0.347 e.